The van der Waals surface area contributed by atoms with E-state index in [1.807, 2.05) is 25.2 Å². The van der Waals surface area contributed by atoms with Crippen molar-refractivity contribution in [3.05, 3.63) is 72.6 Å². The van der Waals surface area contributed by atoms with Crippen molar-refractivity contribution in [1.82, 2.24) is 15.0 Å². The van der Waals surface area contributed by atoms with Crippen LogP contribution in [0.1, 0.15) is 5.56 Å². The second-order valence-electron chi connectivity index (χ2n) is 5.42. The van der Waals surface area contributed by atoms with Gasteiger partial charge in [0.2, 0.25) is 0 Å². The smallest absolute Gasteiger partial charge is 0.135 e. The van der Waals surface area contributed by atoms with Crippen LogP contribution in [0.3, 0.4) is 0 Å². The Kier molecular flexibility index (Phi) is 4.96. The van der Waals surface area contributed by atoms with E-state index in [0.29, 0.717) is 5.82 Å². The number of pyridine rings is 1. The molecule has 5 nitrogen and oxygen atoms in total. The number of hydrogen-bond donors (Lipinski definition) is 1. The molecule has 0 saturated carbocycles. The van der Waals surface area contributed by atoms with Gasteiger partial charge in [0.1, 0.15) is 23.8 Å². The van der Waals surface area contributed by atoms with Crippen LogP contribution in [0, 0.1) is 5.82 Å². The van der Waals surface area contributed by atoms with Gasteiger partial charge in [0.05, 0.1) is 0 Å². The number of nitrogens with zero attached hydrogens (tertiary/aromatic N) is 4. The van der Waals surface area contributed by atoms with Gasteiger partial charge in [-0.3, -0.25) is 4.98 Å². The molecule has 0 unspecified atom stereocenters. The average Bonchev–Trinajstić information content (AvgIpc) is 2.63. The van der Waals surface area contributed by atoms with Crippen molar-refractivity contribution >= 4 is 17.3 Å². The number of aromatic nitrogens is 3. The summed E-state index contributed by atoms with van der Waals surface area (Å²) in [5.41, 5.74) is 2.01. The van der Waals surface area contributed by atoms with Crippen molar-refractivity contribution in [2.75, 3.05) is 23.8 Å². The molecule has 0 bridgehead atoms. The molecule has 0 aliphatic heterocycles. The summed E-state index contributed by atoms with van der Waals surface area (Å²) >= 11 is 0. The molecule has 2 aromatic heterocycles. The van der Waals surface area contributed by atoms with Crippen molar-refractivity contribution < 1.29 is 4.39 Å². The monoisotopic (exact) mass is 323 g/mol. The molecule has 0 amide bonds. The van der Waals surface area contributed by atoms with Gasteiger partial charge < -0.3 is 10.2 Å². The fourth-order valence-corrected chi connectivity index (χ4v) is 2.27. The van der Waals surface area contributed by atoms with Gasteiger partial charge >= 0.3 is 0 Å². The number of halogens is 1. The molecule has 0 saturated heterocycles. The molecule has 1 aromatic carbocycles. The van der Waals surface area contributed by atoms with Crippen LogP contribution < -0.4 is 10.2 Å². The summed E-state index contributed by atoms with van der Waals surface area (Å²) in [5.74, 6) is 1.23. The van der Waals surface area contributed by atoms with Crippen LogP contribution in [0.25, 0.3) is 0 Å². The molecule has 0 atom stereocenters. The summed E-state index contributed by atoms with van der Waals surface area (Å²) in [6, 6.07) is 12.0. The highest BCUT2D eigenvalue weighted by atomic mass is 19.1. The largest absolute Gasteiger partial charge is 0.359 e. The van der Waals surface area contributed by atoms with Crippen molar-refractivity contribution in [2.24, 2.45) is 0 Å². The average molecular weight is 323 g/mol. The van der Waals surface area contributed by atoms with Crippen LogP contribution in [0.2, 0.25) is 0 Å². The summed E-state index contributed by atoms with van der Waals surface area (Å²) in [6.45, 7) is 0.830. The van der Waals surface area contributed by atoms with Crippen LogP contribution in [0.15, 0.2) is 61.2 Å². The lowest BCUT2D eigenvalue weighted by Gasteiger charge is -2.18. The summed E-state index contributed by atoms with van der Waals surface area (Å²) < 4.78 is 13.0. The fourth-order valence-electron chi connectivity index (χ4n) is 2.27. The van der Waals surface area contributed by atoms with E-state index < -0.39 is 0 Å². The predicted molar refractivity (Wildman–Crippen MR) is 92.9 cm³/mol. The third kappa shape index (κ3) is 4.25. The van der Waals surface area contributed by atoms with E-state index >= 15 is 0 Å². The van der Waals surface area contributed by atoms with Crippen LogP contribution in [0.4, 0.5) is 21.7 Å². The first-order valence-electron chi connectivity index (χ1n) is 7.65. The number of nitrogens with one attached hydrogen (secondary N) is 1. The second-order valence-corrected chi connectivity index (χ2v) is 5.42. The Balaban J connectivity index is 1.64. The first kappa shape index (κ1) is 15.9. The third-order valence-corrected chi connectivity index (χ3v) is 3.65. The van der Waals surface area contributed by atoms with Crippen molar-refractivity contribution in [3.63, 3.8) is 0 Å². The maximum absolute atomic E-state index is 13.0. The normalized spacial score (nSPS) is 10.4. The van der Waals surface area contributed by atoms with Crippen LogP contribution >= 0.6 is 0 Å². The van der Waals surface area contributed by atoms with Gasteiger partial charge in [-0.1, -0.05) is 0 Å². The Bertz CT molecular complexity index is 777. The number of anilines is 3. The molecule has 3 aromatic rings. The van der Waals surface area contributed by atoms with Crippen molar-refractivity contribution in [1.29, 1.82) is 0 Å². The van der Waals surface area contributed by atoms with Gasteiger partial charge in [0.15, 0.2) is 0 Å². The summed E-state index contributed by atoms with van der Waals surface area (Å²) in [7, 11) is 1.99. The molecule has 2 heterocycles. The molecule has 0 spiro atoms. The molecule has 0 aliphatic carbocycles. The van der Waals surface area contributed by atoms with Gasteiger partial charge in [0, 0.05) is 37.7 Å². The summed E-state index contributed by atoms with van der Waals surface area (Å²) in [4.78, 5) is 14.6. The van der Waals surface area contributed by atoms with Crippen molar-refractivity contribution in [2.45, 2.75) is 6.42 Å². The first-order chi connectivity index (χ1) is 11.7. The maximum atomic E-state index is 13.0. The zero-order valence-corrected chi connectivity index (χ0v) is 13.4. The fraction of sp³-hybridized carbons (Fsp3) is 0.167. The Morgan fingerprint density at radius 2 is 1.79 bits per heavy atom. The zero-order valence-electron chi connectivity index (χ0n) is 13.4. The second kappa shape index (κ2) is 7.50. The van der Waals surface area contributed by atoms with Gasteiger partial charge in [-0.25, -0.2) is 14.4 Å². The number of likely N-dealkylation sites (N-methyl/N-ethyl adjacent to an activating group) is 1. The minimum absolute atomic E-state index is 0.264. The topological polar surface area (TPSA) is 53.9 Å². The number of rotatable bonds is 6. The Morgan fingerprint density at radius 3 is 2.54 bits per heavy atom. The Labute approximate surface area is 140 Å². The lowest BCUT2D eigenvalue weighted by molar-refractivity contribution is 0.628. The highest BCUT2D eigenvalue weighted by molar-refractivity contribution is 5.59. The maximum Gasteiger partial charge on any atom is 0.135 e. The van der Waals surface area contributed by atoms with E-state index in [4.69, 9.17) is 0 Å². The van der Waals surface area contributed by atoms with Gasteiger partial charge in [-0.15, -0.1) is 0 Å². The molecule has 0 aliphatic rings. The van der Waals surface area contributed by atoms with E-state index in [1.54, 1.807) is 24.5 Å². The number of hydrogen-bond acceptors (Lipinski definition) is 5. The molecule has 6 heteroatoms. The van der Waals surface area contributed by atoms with Crippen LogP contribution in [-0.2, 0) is 6.42 Å². The van der Waals surface area contributed by atoms with E-state index in [1.165, 1.54) is 24.0 Å². The molecule has 24 heavy (non-hydrogen) atoms. The lowest BCUT2D eigenvalue weighted by atomic mass is 10.2. The standard InChI is InChI=1S/C18H18FN5/c1-24(11-8-14-6-9-20-10-7-14)18-12-17(21-13-22-18)23-16-4-2-15(19)3-5-16/h2-7,9-10,12-13H,8,11H2,1H3,(H,21,22,23). The van der Waals surface area contributed by atoms with E-state index in [-0.39, 0.29) is 5.82 Å². The zero-order chi connectivity index (χ0) is 16.8. The number of benzene rings is 1. The summed E-state index contributed by atoms with van der Waals surface area (Å²) in [6.07, 6.45) is 6.02. The van der Waals surface area contributed by atoms with Gasteiger partial charge in [-0.2, -0.15) is 0 Å². The molecule has 122 valence electrons. The predicted octanol–water partition coefficient (Wildman–Crippen LogP) is 3.43. The Morgan fingerprint density at radius 1 is 1.04 bits per heavy atom. The quantitative estimate of drug-likeness (QED) is 0.753. The van der Waals surface area contributed by atoms with E-state index in [2.05, 4.69) is 25.2 Å². The highest BCUT2D eigenvalue weighted by Gasteiger charge is 2.05. The Hall–Kier alpha value is -3.02. The molecule has 3 rings (SSSR count). The SMILES string of the molecule is CN(CCc1ccncc1)c1cc(Nc2ccc(F)cc2)ncn1. The molecular weight excluding hydrogens is 305 g/mol. The molecule has 0 fully saturated rings. The van der Waals surface area contributed by atoms with Crippen LogP contribution in [0.5, 0.6) is 0 Å². The van der Waals surface area contributed by atoms with E-state index in [0.717, 1.165) is 24.5 Å². The highest BCUT2D eigenvalue weighted by Crippen LogP contribution is 2.18. The molecular formula is C18H18FN5. The van der Waals surface area contributed by atoms with E-state index in [9.17, 15) is 4.39 Å². The molecule has 1 N–H and O–H groups in total. The van der Waals surface area contributed by atoms with Crippen molar-refractivity contribution in [3.8, 4) is 0 Å². The van der Waals surface area contributed by atoms with Gasteiger partial charge in [-0.05, 0) is 48.4 Å². The lowest BCUT2D eigenvalue weighted by Crippen LogP contribution is -2.21. The minimum Gasteiger partial charge on any atom is -0.359 e. The van der Waals surface area contributed by atoms with Crippen LogP contribution in [-0.4, -0.2) is 28.5 Å². The minimum atomic E-state index is -0.264. The first-order valence-corrected chi connectivity index (χ1v) is 7.65. The van der Waals surface area contributed by atoms with Gasteiger partial charge in [0.25, 0.3) is 0 Å². The molecule has 0 radical (unpaired) electrons. The summed E-state index contributed by atoms with van der Waals surface area (Å²) in [5, 5.41) is 3.15. The third-order valence-electron chi connectivity index (χ3n) is 3.65.